The van der Waals surface area contributed by atoms with Crippen LogP contribution in [0.1, 0.15) is 71.2 Å². The molecule has 1 aromatic heterocycles. The zero-order valence-corrected chi connectivity index (χ0v) is 14.8. The molecule has 0 fully saturated rings. The van der Waals surface area contributed by atoms with E-state index in [1.165, 1.54) is 12.8 Å². The van der Waals surface area contributed by atoms with Crippen molar-refractivity contribution in [2.45, 2.75) is 72.8 Å². The molecule has 1 unspecified atom stereocenters. The molecule has 21 heavy (non-hydrogen) atoms. The SMILES string of the molecule is CCCNc1nc(C(C)C)nc(N(C)C(C)CCC)c1C. The Morgan fingerprint density at radius 3 is 2.29 bits per heavy atom. The molecule has 0 aliphatic carbocycles. The Bertz CT molecular complexity index is 443. The van der Waals surface area contributed by atoms with Gasteiger partial charge >= 0.3 is 0 Å². The van der Waals surface area contributed by atoms with Crippen LogP contribution in [-0.4, -0.2) is 29.6 Å². The average Bonchev–Trinajstić information content (AvgIpc) is 2.45. The van der Waals surface area contributed by atoms with Crippen LogP contribution in [-0.2, 0) is 0 Å². The Balaban J connectivity index is 3.19. The van der Waals surface area contributed by atoms with Crippen molar-refractivity contribution in [1.29, 1.82) is 0 Å². The molecule has 0 spiro atoms. The molecule has 0 aliphatic rings. The number of hydrogen-bond donors (Lipinski definition) is 1. The molecule has 0 aliphatic heterocycles. The highest BCUT2D eigenvalue weighted by Gasteiger charge is 2.18. The minimum Gasteiger partial charge on any atom is -0.370 e. The number of nitrogens with one attached hydrogen (secondary N) is 1. The van der Waals surface area contributed by atoms with Crippen molar-refractivity contribution >= 4 is 11.6 Å². The van der Waals surface area contributed by atoms with Gasteiger partial charge in [-0.3, -0.25) is 0 Å². The second-order valence-electron chi connectivity index (χ2n) is 6.21. The van der Waals surface area contributed by atoms with Gasteiger partial charge in [0.2, 0.25) is 0 Å². The number of rotatable bonds is 8. The molecule has 0 saturated heterocycles. The molecule has 1 rings (SSSR count). The second kappa shape index (κ2) is 8.20. The van der Waals surface area contributed by atoms with Gasteiger partial charge in [0, 0.05) is 31.1 Å². The van der Waals surface area contributed by atoms with Gasteiger partial charge in [0.05, 0.1) is 0 Å². The molecule has 0 radical (unpaired) electrons. The van der Waals surface area contributed by atoms with Gasteiger partial charge < -0.3 is 10.2 Å². The van der Waals surface area contributed by atoms with E-state index in [1.807, 2.05) is 0 Å². The summed E-state index contributed by atoms with van der Waals surface area (Å²) in [4.78, 5) is 11.8. The Labute approximate surface area is 130 Å². The van der Waals surface area contributed by atoms with E-state index in [4.69, 9.17) is 9.97 Å². The molecule has 120 valence electrons. The van der Waals surface area contributed by atoms with E-state index in [0.29, 0.717) is 12.0 Å². The minimum atomic E-state index is 0.335. The molecule has 4 nitrogen and oxygen atoms in total. The van der Waals surface area contributed by atoms with Crippen molar-refractivity contribution in [3.63, 3.8) is 0 Å². The summed E-state index contributed by atoms with van der Waals surface area (Å²) in [6.45, 7) is 14.0. The van der Waals surface area contributed by atoms with Gasteiger partial charge in [-0.2, -0.15) is 0 Å². The average molecular weight is 292 g/mol. The van der Waals surface area contributed by atoms with Crippen molar-refractivity contribution in [3.8, 4) is 0 Å². The largest absolute Gasteiger partial charge is 0.370 e. The Morgan fingerprint density at radius 2 is 1.76 bits per heavy atom. The van der Waals surface area contributed by atoms with Gasteiger partial charge in [0.15, 0.2) is 0 Å². The fraction of sp³-hybridized carbons (Fsp3) is 0.765. The molecular formula is C17H32N4. The van der Waals surface area contributed by atoms with Crippen LogP contribution in [0.5, 0.6) is 0 Å². The molecule has 0 saturated carbocycles. The maximum Gasteiger partial charge on any atom is 0.137 e. The second-order valence-corrected chi connectivity index (χ2v) is 6.21. The number of hydrogen-bond acceptors (Lipinski definition) is 4. The number of anilines is 2. The van der Waals surface area contributed by atoms with Crippen LogP contribution in [0.2, 0.25) is 0 Å². The van der Waals surface area contributed by atoms with Crippen molar-refractivity contribution < 1.29 is 0 Å². The van der Waals surface area contributed by atoms with Crippen LogP contribution in [0, 0.1) is 6.92 Å². The summed E-state index contributed by atoms with van der Waals surface area (Å²) >= 11 is 0. The van der Waals surface area contributed by atoms with Gasteiger partial charge in [-0.15, -0.1) is 0 Å². The zero-order chi connectivity index (χ0) is 16.0. The van der Waals surface area contributed by atoms with Crippen molar-refractivity contribution in [3.05, 3.63) is 11.4 Å². The van der Waals surface area contributed by atoms with Crippen LogP contribution >= 0.6 is 0 Å². The third kappa shape index (κ3) is 4.58. The standard InChI is InChI=1S/C17H32N4/c1-8-10-13(5)21(7)17-14(6)16(18-11-9-2)19-15(20-17)12(3)4/h12-13H,8-11H2,1-7H3,(H,18,19,20). The summed E-state index contributed by atoms with van der Waals surface area (Å²) in [6, 6.07) is 0.489. The van der Waals surface area contributed by atoms with Gasteiger partial charge in [-0.1, -0.05) is 34.1 Å². The van der Waals surface area contributed by atoms with Crippen molar-refractivity contribution in [2.24, 2.45) is 0 Å². The molecular weight excluding hydrogens is 260 g/mol. The molecule has 0 aromatic carbocycles. The van der Waals surface area contributed by atoms with Gasteiger partial charge in [-0.25, -0.2) is 9.97 Å². The summed E-state index contributed by atoms with van der Waals surface area (Å²) in [5, 5.41) is 3.45. The van der Waals surface area contributed by atoms with Gasteiger partial charge in [-0.05, 0) is 26.7 Å². The van der Waals surface area contributed by atoms with E-state index in [-0.39, 0.29) is 0 Å². The third-order valence-corrected chi connectivity index (χ3v) is 3.90. The van der Waals surface area contributed by atoms with Crippen LogP contribution in [0.15, 0.2) is 0 Å². The predicted octanol–water partition coefficient (Wildman–Crippen LogP) is 4.36. The van der Waals surface area contributed by atoms with E-state index >= 15 is 0 Å². The van der Waals surface area contributed by atoms with Crippen LogP contribution in [0.25, 0.3) is 0 Å². The first-order chi connectivity index (χ1) is 9.92. The van der Waals surface area contributed by atoms with E-state index in [0.717, 1.165) is 36.0 Å². The van der Waals surface area contributed by atoms with Crippen molar-refractivity contribution in [1.82, 2.24) is 9.97 Å². The summed E-state index contributed by atoms with van der Waals surface area (Å²) in [5.74, 6) is 3.31. The Kier molecular flexibility index (Phi) is 6.93. The number of nitrogens with zero attached hydrogens (tertiary/aromatic N) is 3. The van der Waals surface area contributed by atoms with E-state index in [2.05, 4.69) is 58.8 Å². The van der Waals surface area contributed by atoms with Crippen LogP contribution in [0.3, 0.4) is 0 Å². The lowest BCUT2D eigenvalue weighted by atomic mass is 10.1. The number of aromatic nitrogens is 2. The lowest BCUT2D eigenvalue weighted by molar-refractivity contribution is 0.606. The van der Waals surface area contributed by atoms with Crippen molar-refractivity contribution in [2.75, 3.05) is 23.8 Å². The third-order valence-electron chi connectivity index (χ3n) is 3.90. The molecule has 1 atom stereocenters. The summed E-state index contributed by atoms with van der Waals surface area (Å²) in [5.41, 5.74) is 1.15. The summed E-state index contributed by atoms with van der Waals surface area (Å²) in [6.07, 6.45) is 3.46. The maximum atomic E-state index is 4.82. The summed E-state index contributed by atoms with van der Waals surface area (Å²) in [7, 11) is 2.14. The first kappa shape index (κ1) is 17.7. The van der Waals surface area contributed by atoms with E-state index in [9.17, 15) is 0 Å². The smallest absolute Gasteiger partial charge is 0.137 e. The van der Waals surface area contributed by atoms with E-state index < -0.39 is 0 Å². The van der Waals surface area contributed by atoms with Crippen LogP contribution in [0.4, 0.5) is 11.6 Å². The van der Waals surface area contributed by atoms with Gasteiger partial charge in [0.1, 0.15) is 17.5 Å². The normalized spacial score (nSPS) is 12.6. The predicted molar refractivity (Wildman–Crippen MR) is 92.4 cm³/mol. The Morgan fingerprint density at radius 1 is 1.10 bits per heavy atom. The first-order valence-electron chi connectivity index (χ1n) is 8.27. The molecule has 1 heterocycles. The highest BCUT2D eigenvalue weighted by atomic mass is 15.2. The highest BCUT2D eigenvalue weighted by molar-refractivity contribution is 5.59. The lowest BCUT2D eigenvalue weighted by Crippen LogP contribution is -2.31. The molecule has 1 aromatic rings. The maximum absolute atomic E-state index is 4.82. The topological polar surface area (TPSA) is 41.1 Å². The molecule has 4 heteroatoms. The van der Waals surface area contributed by atoms with Crippen LogP contribution < -0.4 is 10.2 Å². The molecule has 0 amide bonds. The minimum absolute atomic E-state index is 0.335. The quantitative estimate of drug-likeness (QED) is 0.773. The monoisotopic (exact) mass is 292 g/mol. The van der Waals surface area contributed by atoms with Gasteiger partial charge in [0.25, 0.3) is 0 Å². The first-order valence-corrected chi connectivity index (χ1v) is 8.27. The highest BCUT2D eigenvalue weighted by Crippen LogP contribution is 2.27. The van der Waals surface area contributed by atoms with E-state index in [1.54, 1.807) is 0 Å². The fourth-order valence-electron chi connectivity index (χ4n) is 2.36. The zero-order valence-electron chi connectivity index (χ0n) is 14.8. The lowest BCUT2D eigenvalue weighted by Gasteiger charge is -2.28. The fourth-order valence-corrected chi connectivity index (χ4v) is 2.36. The molecule has 1 N–H and O–H groups in total. The summed E-state index contributed by atoms with van der Waals surface area (Å²) < 4.78 is 0. The Hall–Kier alpha value is -1.32. The molecule has 0 bridgehead atoms.